The van der Waals surface area contributed by atoms with Crippen LogP contribution in [0.25, 0.3) is 11.5 Å². The standard InChI is InChI=1S/C18H15ClN2O2/c19-15-5-2-1-4-14(15)10-18(22)21-12-13-7-8-16(20-11-13)17-6-3-9-23-17/h1-9,11H,10,12H2,(H,21,22). The van der Waals surface area contributed by atoms with Crippen molar-refractivity contribution in [3.8, 4) is 11.5 Å². The van der Waals surface area contributed by atoms with Gasteiger partial charge in [-0.3, -0.25) is 9.78 Å². The number of pyridine rings is 1. The van der Waals surface area contributed by atoms with E-state index in [0.29, 0.717) is 11.6 Å². The van der Waals surface area contributed by atoms with Gasteiger partial charge >= 0.3 is 0 Å². The molecule has 0 bridgehead atoms. The summed E-state index contributed by atoms with van der Waals surface area (Å²) >= 11 is 6.05. The number of benzene rings is 1. The van der Waals surface area contributed by atoms with Crippen molar-refractivity contribution in [3.63, 3.8) is 0 Å². The first kappa shape index (κ1) is 15.3. The van der Waals surface area contributed by atoms with Gasteiger partial charge in [0.15, 0.2) is 5.76 Å². The zero-order chi connectivity index (χ0) is 16.1. The van der Waals surface area contributed by atoms with Crippen LogP contribution in [0.15, 0.2) is 65.4 Å². The molecule has 4 nitrogen and oxygen atoms in total. The monoisotopic (exact) mass is 326 g/mol. The largest absolute Gasteiger partial charge is 0.463 e. The average Bonchev–Trinajstić information content (AvgIpc) is 3.10. The maximum absolute atomic E-state index is 12.0. The second kappa shape index (κ2) is 7.11. The molecule has 116 valence electrons. The molecule has 1 aromatic carbocycles. The van der Waals surface area contributed by atoms with E-state index in [9.17, 15) is 4.79 Å². The molecule has 2 heterocycles. The average molecular weight is 327 g/mol. The molecule has 3 rings (SSSR count). The first-order valence-electron chi connectivity index (χ1n) is 7.21. The summed E-state index contributed by atoms with van der Waals surface area (Å²) in [6.45, 7) is 0.425. The molecule has 0 aliphatic heterocycles. The smallest absolute Gasteiger partial charge is 0.224 e. The number of hydrogen-bond acceptors (Lipinski definition) is 3. The second-order valence-corrected chi connectivity index (χ2v) is 5.48. The van der Waals surface area contributed by atoms with Crippen LogP contribution in [0.5, 0.6) is 0 Å². The molecule has 23 heavy (non-hydrogen) atoms. The number of furan rings is 1. The van der Waals surface area contributed by atoms with Crippen LogP contribution in [0.2, 0.25) is 5.02 Å². The lowest BCUT2D eigenvalue weighted by atomic mass is 10.1. The van der Waals surface area contributed by atoms with Crippen molar-refractivity contribution < 1.29 is 9.21 Å². The minimum atomic E-state index is -0.0757. The topological polar surface area (TPSA) is 55.1 Å². The van der Waals surface area contributed by atoms with Crippen molar-refractivity contribution in [2.45, 2.75) is 13.0 Å². The number of carbonyl (C=O) groups excluding carboxylic acids is 1. The number of nitrogens with one attached hydrogen (secondary N) is 1. The lowest BCUT2D eigenvalue weighted by Crippen LogP contribution is -2.24. The van der Waals surface area contributed by atoms with Crippen molar-refractivity contribution in [1.29, 1.82) is 0 Å². The van der Waals surface area contributed by atoms with Crippen molar-refractivity contribution in [1.82, 2.24) is 10.3 Å². The molecule has 5 heteroatoms. The molecule has 2 aromatic heterocycles. The molecular formula is C18H15ClN2O2. The van der Waals surface area contributed by atoms with Crippen LogP contribution >= 0.6 is 11.6 Å². The Morgan fingerprint density at radius 2 is 2.00 bits per heavy atom. The fourth-order valence-corrected chi connectivity index (χ4v) is 2.38. The third kappa shape index (κ3) is 3.99. The van der Waals surface area contributed by atoms with Gasteiger partial charge in [-0.05, 0) is 35.4 Å². The first-order chi connectivity index (χ1) is 11.2. The summed E-state index contributed by atoms with van der Waals surface area (Å²) in [7, 11) is 0. The summed E-state index contributed by atoms with van der Waals surface area (Å²) in [6, 6.07) is 14.8. The molecule has 3 aromatic rings. The van der Waals surface area contributed by atoms with Gasteiger partial charge in [0.2, 0.25) is 5.91 Å². The highest BCUT2D eigenvalue weighted by Crippen LogP contribution is 2.17. The number of nitrogens with zero attached hydrogens (tertiary/aromatic N) is 1. The summed E-state index contributed by atoms with van der Waals surface area (Å²) in [4.78, 5) is 16.3. The van der Waals surface area contributed by atoms with Crippen LogP contribution in [-0.2, 0) is 17.8 Å². The Bertz CT molecular complexity index is 783. The Balaban J connectivity index is 1.56. The minimum Gasteiger partial charge on any atom is -0.463 e. The van der Waals surface area contributed by atoms with Gasteiger partial charge in [0.25, 0.3) is 0 Å². The van der Waals surface area contributed by atoms with Gasteiger partial charge in [-0.15, -0.1) is 0 Å². The number of carbonyl (C=O) groups is 1. The Morgan fingerprint density at radius 1 is 1.13 bits per heavy atom. The van der Waals surface area contributed by atoms with Gasteiger partial charge in [-0.2, -0.15) is 0 Å². The highest BCUT2D eigenvalue weighted by molar-refractivity contribution is 6.31. The van der Waals surface area contributed by atoms with Gasteiger partial charge < -0.3 is 9.73 Å². The number of aromatic nitrogens is 1. The summed E-state index contributed by atoms with van der Waals surface area (Å²) in [5.74, 6) is 0.646. The van der Waals surface area contributed by atoms with Crippen LogP contribution in [0.3, 0.4) is 0 Å². The normalized spacial score (nSPS) is 10.5. The van der Waals surface area contributed by atoms with E-state index < -0.39 is 0 Å². The van der Waals surface area contributed by atoms with Gasteiger partial charge in [0.05, 0.1) is 12.7 Å². The molecule has 0 aliphatic rings. The summed E-state index contributed by atoms with van der Waals surface area (Å²) in [5, 5.41) is 3.47. The molecule has 0 radical (unpaired) electrons. The Kier molecular flexibility index (Phi) is 4.74. The summed E-state index contributed by atoms with van der Waals surface area (Å²) < 4.78 is 5.29. The van der Waals surface area contributed by atoms with E-state index in [1.54, 1.807) is 18.5 Å². The van der Waals surface area contributed by atoms with Crippen molar-refractivity contribution in [2.24, 2.45) is 0 Å². The maximum atomic E-state index is 12.0. The lowest BCUT2D eigenvalue weighted by Gasteiger charge is -2.07. The Hall–Kier alpha value is -2.59. The third-order valence-corrected chi connectivity index (χ3v) is 3.77. The molecule has 1 amide bonds. The zero-order valence-electron chi connectivity index (χ0n) is 12.3. The summed E-state index contributed by atoms with van der Waals surface area (Å²) in [6.07, 6.45) is 3.60. The van der Waals surface area contributed by atoms with Crippen molar-refractivity contribution >= 4 is 17.5 Å². The predicted molar refractivity (Wildman–Crippen MR) is 88.9 cm³/mol. The van der Waals surface area contributed by atoms with Crippen LogP contribution < -0.4 is 5.32 Å². The van der Waals surface area contributed by atoms with Crippen molar-refractivity contribution in [2.75, 3.05) is 0 Å². The second-order valence-electron chi connectivity index (χ2n) is 5.07. The van der Waals surface area contributed by atoms with E-state index in [4.69, 9.17) is 16.0 Å². The molecule has 0 spiro atoms. The first-order valence-corrected chi connectivity index (χ1v) is 7.59. The molecule has 0 atom stereocenters. The fourth-order valence-electron chi connectivity index (χ4n) is 2.18. The molecule has 0 aliphatic carbocycles. The van der Waals surface area contributed by atoms with Crippen LogP contribution in [0, 0.1) is 0 Å². The van der Waals surface area contributed by atoms with Gasteiger partial charge in [-0.1, -0.05) is 35.9 Å². The number of rotatable bonds is 5. The van der Waals surface area contributed by atoms with E-state index in [0.717, 1.165) is 22.6 Å². The quantitative estimate of drug-likeness (QED) is 0.774. The number of hydrogen-bond donors (Lipinski definition) is 1. The van der Waals surface area contributed by atoms with Crippen molar-refractivity contribution in [3.05, 3.63) is 77.1 Å². The van der Waals surface area contributed by atoms with Gasteiger partial charge in [0.1, 0.15) is 5.69 Å². The van der Waals surface area contributed by atoms with Crippen LogP contribution in [0.1, 0.15) is 11.1 Å². The van der Waals surface area contributed by atoms with E-state index in [2.05, 4.69) is 10.3 Å². The lowest BCUT2D eigenvalue weighted by molar-refractivity contribution is -0.120. The fraction of sp³-hybridized carbons (Fsp3) is 0.111. The molecular weight excluding hydrogens is 312 g/mol. The predicted octanol–water partition coefficient (Wildman–Crippen LogP) is 3.85. The molecule has 1 N–H and O–H groups in total. The Labute approximate surface area is 139 Å². The van der Waals surface area contributed by atoms with E-state index >= 15 is 0 Å². The highest BCUT2D eigenvalue weighted by Gasteiger charge is 2.07. The van der Waals surface area contributed by atoms with Crippen LogP contribution in [-0.4, -0.2) is 10.9 Å². The van der Waals surface area contributed by atoms with Crippen LogP contribution in [0.4, 0.5) is 0 Å². The number of amides is 1. The summed E-state index contributed by atoms with van der Waals surface area (Å²) in [5.41, 5.74) is 2.51. The Morgan fingerprint density at radius 3 is 2.70 bits per heavy atom. The highest BCUT2D eigenvalue weighted by atomic mass is 35.5. The molecule has 0 unspecified atom stereocenters. The molecule has 0 saturated carbocycles. The molecule has 0 saturated heterocycles. The van der Waals surface area contributed by atoms with Gasteiger partial charge in [-0.25, -0.2) is 0 Å². The third-order valence-electron chi connectivity index (χ3n) is 3.40. The number of halogens is 1. The zero-order valence-corrected chi connectivity index (χ0v) is 13.1. The SMILES string of the molecule is O=C(Cc1ccccc1Cl)NCc1ccc(-c2ccco2)nc1. The van der Waals surface area contributed by atoms with E-state index in [1.807, 2.05) is 42.5 Å². The maximum Gasteiger partial charge on any atom is 0.224 e. The van der Waals surface area contributed by atoms with E-state index in [1.165, 1.54) is 0 Å². The minimum absolute atomic E-state index is 0.0757. The van der Waals surface area contributed by atoms with Gasteiger partial charge in [0, 0.05) is 17.8 Å². The van der Waals surface area contributed by atoms with E-state index in [-0.39, 0.29) is 12.3 Å². The molecule has 0 fully saturated rings.